The van der Waals surface area contributed by atoms with Gasteiger partial charge < -0.3 is 14.2 Å². The fourth-order valence-electron chi connectivity index (χ4n) is 4.90. The lowest BCUT2D eigenvalue weighted by atomic mass is 9.67. The Morgan fingerprint density at radius 2 is 1.81 bits per heavy atom. The molecule has 3 heterocycles. The van der Waals surface area contributed by atoms with Crippen LogP contribution in [0.15, 0.2) is 48.9 Å². The fourth-order valence-corrected chi connectivity index (χ4v) is 6.42. The summed E-state index contributed by atoms with van der Waals surface area (Å²) >= 11 is 0. The molecule has 12 heteroatoms. The van der Waals surface area contributed by atoms with E-state index in [0.29, 0.717) is 58.8 Å². The van der Waals surface area contributed by atoms with Crippen molar-refractivity contribution in [2.75, 3.05) is 20.8 Å². The number of aromatic nitrogens is 5. The van der Waals surface area contributed by atoms with Gasteiger partial charge in [-0.15, -0.1) is 0 Å². The van der Waals surface area contributed by atoms with Gasteiger partial charge in [-0.25, -0.2) is 28.5 Å². The zero-order chi connectivity index (χ0) is 25.5. The summed E-state index contributed by atoms with van der Waals surface area (Å²) in [5.41, 5.74) is 1.70. The number of rotatable bonds is 8. The van der Waals surface area contributed by atoms with Gasteiger partial charge in [0.25, 0.3) is 0 Å². The topological polar surface area (TPSA) is 144 Å². The molecule has 0 spiro atoms. The first-order valence-electron chi connectivity index (χ1n) is 11.4. The number of ether oxygens (including phenoxy) is 3. The van der Waals surface area contributed by atoms with Crippen LogP contribution in [-0.4, -0.2) is 53.7 Å². The van der Waals surface area contributed by atoms with E-state index in [4.69, 9.17) is 24.3 Å². The van der Waals surface area contributed by atoms with E-state index >= 15 is 0 Å². The molecular formula is C24H26N6O5S. The normalized spacial score (nSPS) is 19.6. The largest absolute Gasteiger partial charge is 0.496 e. The average Bonchev–Trinajstić information content (AvgIpc) is 3.26. The molecular weight excluding hydrogens is 484 g/mol. The van der Waals surface area contributed by atoms with E-state index in [0.717, 1.165) is 0 Å². The Hall–Kier alpha value is -3.77. The van der Waals surface area contributed by atoms with Crippen molar-refractivity contribution in [2.45, 2.75) is 30.4 Å². The van der Waals surface area contributed by atoms with Crippen molar-refractivity contribution in [1.29, 1.82) is 0 Å². The van der Waals surface area contributed by atoms with E-state index in [1.54, 1.807) is 47.4 Å². The van der Waals surface area contributed by atoms with Gasteiger partial charge in [0.1, 0.15) is 28.4 Å². The van der Waals surface area contributed by atoms with Crippen molar-refractivity contribution >= 4 is 21.3 Å². The minimum absolute atomic E-state index is 0.282. The number of nitrogens with two attached hydrogens (primary N) is 1. The molecule has 3 aromatic heterocycles. The quantitative estimate of drug-likeness (QED) is 0.378. The number of sulfonamides is 1. The summed E-state index contributed by atoms with van der Waals surface area (Å²) < 4.78 is 43.3. The number of hydrogen-bond donors (Lipinski definition) is 1. The lowest BCUT2D eigenvalue weighted by Gasteiger charge is -2.47. The summed E-state index contributed by atoms with van der Waals surface area (Å²) in [5.74, 6) is 1.19. The van der Waals surface area contributed by atoms with E-state index in [1.807, 2.05) is 13.0 Å². The molecule has 0 bridgehead atoms. The van der Waals surface area contributed by atoms with Crippen LogP contribution in [0.25, 0.3) is 17.1 Å². The molecule has 1 aliphatic carbocycles. The van der Waals surface area contributed by atoms with Crippen molar-refractivity contribution in [3.8, 4) is 23.2 Å². The zero-order valence-electron chi connectivity index (χ0n) is 20.1. The first-order chi connectivity index (χ1) is 17.3. The van der Waals surface area contributed by atoms with Gasteiger partial charge in [0.2, 0.25) is 15.9 Å². The highest BCUT2D eigenvalue weighted by Crippen LogP contribution is 2.60. The van der Waals surface area contributed by atoms with Crippen LogP contribution in [-0.2, 0) is 14.8 Å². The Bertz CT molecular complexity index is 1520. The molecule has 1 saturated carbocycles. The zero-order valence-corrected chi connectivity index (χ0v) is 20.9. The predicted octanol–water partition coefficient (Wildman–Crippen LogP) is 2.69. The second kappa shape index (κ2) is 9.03. The monoisotopic (exact) mass is 510 g/mol. The maximum Gasteiger partial charge on any atom is 0.220 e. The molecule has 2 unspecified atom stereocenters. The van der Waals surface area contributed by atoms with E-state index in [1.165, 1.54) is 14.2 Å². The molecule has 1 aromatic carbocycles. The number of methoxy groups -OCH3 is 2. The first kappa shape index (κ1) is 23.9. The lowest BCUT2D eigenvalue weighted by molar-refractivity contribution is 0.258. The number of benzene rings is 1. The van der Waals surface area contributed by atoms with Crippen LogP contribution in [0.2, 0.25) is 0 Å². The molecule has 0 radical (unpaired) electrons. The highest BCUT2D eigenvalue weighted by atomic mass is 32.2. The van der Waals surface area contributed by atoms with Gasteiger partial charge in [-0.2, -0.15) is 4.98 Å². The average molecular weight is 511 g/mol. The SMILES string of the molecule is CCOc1cccc(-n2cnc3ncc(C4CCC4(c4c(OC)cccc4OC)S(N)(=O)=O)nc32)n1. The first-order valence-corrected chi connectivity index (χ1v) is 12.9. The van der Waals surface area contributed by atoms with Gasteiger partial charge in [0.05, 0.1) is 38.3 Å². The van der Waals surface area contributed by atoms with Crippen molar-refractivity contribution in [1.82, 2.24) is 24.5 Å². The maximum absolute atomic E-state index is 13.2. The van der Waals surface area contributed by atoms with Crippen LogP contribution < -0.4 is 19.3 Å². The second-order valence-corrected chi connectivity index (χ2v) is 10.2. The highest BCUT2D eigenvalue weighted by Gasteiger charge is 2.60. The molecule has 5 rings (SSSR count). The molecule has 2 atom stereocenters. The van der Waals surface area contributed by atoms with Crippen molar-refractivity contribution in [2.24, 2.45) is 5.14 Å². The Kier molecular flexibility index (Phi) is 6.00. The third-order valence-corrected chi connectivity index (χ3v) is 8.32. The summed E-state index contributed by atoms with van der Waals surface area (Å²) in [7, 11) is -1.17. The van der Waals surface area contributed by atoms with E-state index in [2.05, 4.69) is 15.0 Å². The number of primary sulfonamides is 1. The summed E-state index contributed by atoms with van der Waals surface area (Å²) in [5, 5.41) is 5.91. The predicted molar refractivity (Wildman–Crippen MR) is 132 cm³/mol. The van der Waals surface area contributed by atoms with Crippen molar-refractivity contribution in [3.63, 3.8) is 0 Å². The van der Waals surface area contributed by atoms with Crippen molar-refractivity contribution in [3.05, 3.63) is 60.2 Å². The summed E-state index contributed by atoms with van der Waals surface area (Å²) in [6.07, 6.45) is 3.94. The number of imidazole rings is 1. The van der Waals surface area contributed by atoms with Crippen LogP contribution in [0.4, 0.5) is 0 Å². The summed E-state index contributed by atoms with van der Waals surface area (Å²) in [6.45, 7) is 2.36. The minimum atomic E-state index is -4.14. The Morgan fingerprint density at radius 1 is 1.08 bits per heavy atom. The van der Waals surface area contributed by atoms with Gasteiger partial charge in [0.15, 0.2) is 11.3 Å². The number of fused-ring (bicyclic) bond motifs is 1. The van der Waals surface area contributed by atoms with E-state index < -0.39 is 20.7 Å². The lowest BCUT2D eigenvalue weighted by Crippen LogP contribution is -2.52. The molecule has 36 heavy (non-hydrogen) atoms. The second-order valence-electron chi connectivity index (χ2n) is 8.39. The van der Waals surface area contributed by atoms with Gasteiger partial charge in [0, 0.05) is 12.0 Å². The minimum Gasteiger partial charge on any atom is -0.496 e. The smallest absolute Gasteiger partial charge is 0.220 e. The third kappa shape index (κ3) is 3.64. The number of nitrogens with zero attached hydrogens (tertiary/aromatic N) is 5. The molecule has 2 N–H and O–H groups in total. The van der Waals surface area contributed by atoms with Gasteiger partial charge in [-0.1, -0.05) is 12.1 Å². The summed E-state index contributed by atoms with van der Waals surface area (Å²) in [6, 6.07) is 10.5. The third-order valence-electron chi connectivity index (χ3n) is 6.61. The van der Waals surface area contributed by atoms with E-state index in [-0.39, 0.29) is 6.42 Å². The van der Waals surface area contributed by atoms with Crippen LogP contribution >= 0.6 is 0 Å². The molecule has 0 aliphatic heterocycles. The number of hydrogen-bond acceptors (Lipinski definition) is 9. The van der Waals surface area contributed by atoms with Crippen LogP contribution in [0.5, 0.6) is 17.4 Å². The van der Waals surface area contributed by atoms with Gasteiger partial charge in [-0.3, -0.25) is 4.57 Å². The highest BCUT2D eigenvalue weighted by molar-refractivity contribution is 7.90. The molecule has 188 valence electrons. The van der Waals surface area contributed by atoms with Crippen molar-refractivity contribution < 1.29 is 22.6 Å². The fraction of sp³-hybridized carbons (Fsp3) is 0.333. The van der Waals surface area contributed by atoms with Crippen LogP contribution in [0, 0.1) is 0 Å². The molecule has 0 amide bonds. The summed E-state index contributed by atoms with van der Waals surface area (Å²) in [4.78, 5) is 18.1. The van der Waals surface area contributed by atoms with Crippen LogP contribution in [0.1, 0.15) is 36.9 Å². The molecule has 0 saturated heterocycles. The Labute approximate surface area is 208 Å². The number of pyridine rings is 1. The van der Waals surface area contributed by atoms with Gasteiger partial charge >= 0.3 is 0 Å². The van der Waals surface area contributed by atoms with Gasteiger partial charge in [-0.05, 0) is 38.0 Å². The van der Waals surface area contributed by atoms with E-state index in [9.17, 15) is 8.42 Å². The molecule has 11 nitrogen and oxygen atoms in total. The molecule has 1 aliphatic rings. The molecule has 4 aromatic rings. The maximum atomic E-state index is 13.2. The standard InChI is InChI=1S/C24H26N6O5S/c1-4-35-20-10-6-9-19(29-20)30-14-27-22-23(30)28-16(13-26-22)15-11-12-24(15,36(25,31)32)21-17(33-2)7-5-8-18(21)34-3/h5-10,13-15H,4,11-12H2,1-3H3,(H2,25,31,32). The molecule has 1 fully saturated rings. The Balaban J connectivity index is 1.66. The Morgan fingerprint density at radius 3 is 2.42 bits per heavy atom. The van der Waals surface area contributed by atoms with Crippen LogP contribution in [0.3, 0.4) is 0 Å².